The van der Waals surface area contributed by atoms with Crippen LogP contribution in [0.15, 0.2) is 24.3 Å². The van der Waals surface area contributed by atoms with Crippen LogP contribution in [-0.2, 0) is 4.79 Å². The molecule has 1 amide bonds. The summed E-state index contributed by atoms with van der Waals surface area (Å²) in [5.41, 5.74) is 0.780. The second kappa shape index (κ2) is 7.26. The Labute approximate surface area is 120 Å². The summed E-state index contributed by atoms with van der Waals surface area (Å²) in [6.07, 6.45) is 0.515. The van der Waals surface area contributed by atoms with Crippen molar-refractivity contribution in [2.75, 3.05) is 38.6 Å². The topological polar surface area (TPSA) is 53.6 Å². The highest BCUT2D eigenvalue weighted by atomic mass is 16.5. The first kappa shape index (κ1) is 14.8. The molecule has 2 rings (SSSR count). The Balaban J connectivity index is 1.79. The molecule has 1 aromatic carbocycles. The maximum absolute atomic E-state index is 12.0. The van der Waals surface area contributed by atoms with Gasteiger partial charge in [-0.3, -0.25) is 9.69 Å². The number of benzene rings is 1. The first-order valence-corrected chi connectivity index (χ1v) is 7.07. The summed E-state index contributed by atoms with van der Waals surface area (Å²) in [6, 6.07) is 7.91. The zero-order valence-electron chi connectivity index (χ0n) is 12.2. The van der Waals surface area contributed by atoms with Crippen molar-refractivity contribution in [2.24, 2.45) is 0 Å². The third-order valence-corrected chi connectivity index (χ3v) is 3.62. The molecule has 0 aromatic heterocycles. The molecule has 1 atom stereocenters. The number of nitrogens with zero attached hydrogens (tertiary/aromatic N) is 1. The van der Waals surface area contributed by atoms with Crippen molar-refractivity contribution < 1.29 is 9.53 Å². The fourth-order valence-corrected chi connectivity index (χ4v) is 2.38. The van der Waals surface area contributed by atoms with Crippen LogP contribution in [0.25, 0.3) is 0 Å². The molecule has 1 aliphatic rings. The minimum absolute atomic E-state index is 0.0454. The molecule has 0 saturated carbocycles. The van der Waals surface area contributed by atoms with Gasteiger partial charge >= 0.3 is 0 Å². The van der Waals surface area contributed by atoms with E-state index in [0.717, 1.165) is 37.6 Å². The van der Waals surface area contributed by atoms with Gasteiger partial charge in [0, 0.05) is 50.4 Å². The Kier molecular flexibility index (Phi) is 5.38. The van der Waals surface area contributed by atoms with Crippen LogP contribution < -0.4 is 15.4 Å². The number of anilines is 1. The highest BCUT2D eigenvalue weighted by Gasteiger charge is 2.18. The van der Waals surface area contributed by atoms with Crippen molar-refractivity contribution in [1.82, 2.24) is 10.2 Å². The van der Waals surface area contributed by atoms with Gasteiger partial charge in [-0.2, -0.15) is 0 Å². The molecule has 5 heteroatoms. The third kappa shape index (κ3) is 4.21. The van der Waals surface area contributed by atoms with E-state index in [9.17, 15) is 4.79 Å². The molecule has 0 bridgehead atoms. The monoisotopic (exact) mass is 277 g/mol. The Bertz CT molecular complexity index is 450. The number of ether oxygens (including phenoxy) is 1. The van der Waals surface area contributed by atoms with E-state index in [-0.39, 0.29) is 5.91 Å². The Hall–Kier alpha value is -1.59. The molecule has 1 heterocycles. The molecule has 0 radical (unpaired) electrons. The van der Waals surface area contributed by atoms with Crippen molar-refractivity contribution in [1.29, 1.82) is 0 Å². The van der Waals surface area contributed by atoms with Crippen LogP contribution >= 0.6 is 0 Å². The van der Waals surface area contributed by atoms with Gasteiger partial charge in [0.15, 0.2) is 0 Å². The van der Waals surface area contributed by atoms with Crippen LogP contribution in [0.2, 0.25) is 0 Å². The number of methoxy groups -OCH3 is 1. The largest absolute Gasteiger partial charge is 0.497 e. The third-order valence-electron chi connectivity index (χ3n) is 3.62. The van der Waals surface area contributed by atoms with Crippen molar-refractivity contribution in [2.45, 2.75) is 19.4 Å². The number of rotatable bonds is 5. The smallest absolute Gasteiger partial charge is 0.225 e. The molecule has 0 spiro atoms. The summed E-state index contributed by atoms with van der Waals surface area (Å²) in [5, 5.41) is 6.26. The van der Waals surface area contributed by atoms with Gasteiger partial charge in [0.1, 0.15) is 5.75 Å². The summed E-state index contributed by atoms with van der Waals surface area (Å²) >= 11 is 0. The Morgan fingerprint density at radius 3 is 3.15 bits per heavy atom. The molecule has 1 saturated heterocycles. The normalized spacial score (nSPS) is 19.6. The number of hydrogen-bond acceptors (Lipinski definition) is 4. The SMILES string of the molecule is COc1cccc(NC(=O)CCN2CCNC[C@@H]2C)c1. The second-order valence-electron chi connectivity index (χ2n) is 5.12. The molecular formula is C15H23N3O2. The van der Waals surface area contributed by atoms with Crippen molar-refractivity contribution in [3.05, 3.63) is 24.3 Å². The van der Waals surface area contributed by atoms with Gasteiger partial charge < -0.3 is 15.4 Å². The lowest BCUT2D eigenvalue weighted by atomic mass is 10.2. The van der Waals surface area contributed by atoms with Crippen molar-refractivity contribution in [3.63, 3.8) is 0 Å². The Morgan fingerprint density at radius 1 is 1.55 bits per heavy atom. The van der Waals surface area contributed by atoms with E-state index in [2.05, 4.69) is 22.5 Å². The number of piperazine rings is 1. The van der Waals surface area contributed by atoms with E-state index in [1.54, 1.807) is 7.11 Å². The summed E-state index contributed by atoms with van der Waals surface area (Å²) in [5.74, 6) is 0.794. The molecule has 0 unspecified atom stereocenters. The predicted octanol–water partition coefficient (Wildman–Crippen LogP) is 1.32. The van der Waals surface area contributed by atoms with Gasteiger partial charge in [-0.15, -0.1) is 0 Å². The highest BCUT2D eigenvalue weighted by molar-refractivity contribution is 5.91. The van der Waals surface area contributed by atoms with E-state index in [0.29, 0.717) is 12.5 Å². The number of carbonyl (C=O) groups is 1. The molecule has 2 N–H and O–H groups in total. The predicted molar refractivity (Wildman–Crippen MR) is 80.1 cm³/mol. The van der Waals surface area contributed by atoms with Crippen molar-refractivity contribution in [3.8, 4) is 5.75 Å². The number of amides is 1. The van der Waals surface area contributed by atoms with E-state index in [1.807, 2.05) is 24.3 Å². The lowest BCUT2D eigenvalue weighted by Crippen LogP contribution is -2.50. The van der Waals surface area contributed by atoms with Gasteiger partial charge in [0.2, 0.25) is 5.91 Å². The number of carbonyl (C=O) groups excluding carboxylic acids is 1. The quantitative estimate of drug-likeness (QED) is 0.852. The molecule has 0 aliphatic carbocycles. The fraction of sp³-hybridized carbons (Fsp3) is 0.533. The highest BCUT2D eigenvalue weighted by Crippen LogP contribution is 2.16. The average Bonchev–Trinajstić information content (AvgIpc) is 2.46. The zero-order valence-corrected chi connectivity index (χ0v) is 12.2. The molecular weight excluding hydrogens is 254 g/mol. The first-order valence-electron chi connectivity index (χ1n) is 7.07. The molecule has 5 nitrogen and oxygen atoms in total. The van der Waals surface area contributed by atoms with E-state index >= 15 is 0 Å². The van der Waals surface area contributed by atoms with Crippen LogP contribution in [0.1, 0.15) is 13.3 Å². The van der Waals surface area contributed by atoms with Crippen LogP contribution in [0.4, 0.5) is 5.69 Å². The average molecular weight is 277 g/mol. The van der Waals surface area contributed by atoms with Crippen LogP contribution in [0.3, 0.4) is 0 Å². The van der Waals surface area contributed by atoms with Gasteiger partial charge in [-0.25, -0.2) is 0 Å². The lowest BCUT2D eigenvalue weighted by molar-refractivity contribution is -0.116. The molecule has 1 fully saturated rings. The maximum atomic E-state index is 12.0. The zero-order chi connectivity index (χ0) is 14.4. The maximum Gasteiger partial charge on any atom is 0.225 e. The minimum Gasteiger partial charge on any atom is -0.497 e. The number of nitrogens with one attached hydrogen (secondary N) is 2. The summed E-state index contributed by atoms with van der Waals surface area (Å²) < 4.78 is 5.14. The molecule has 110 valence electrons. The molecule has 20 heavy (non-hydrogen) atoms. The van der Waals surface area contributed by atoms with Crippen LogP contribution in [0.5, 0.6) is 5.75 Å². The van der Waals surface area contributed by atoms with Crippen LogP contribution in [-0.4, -0.2) is 50.1 Å². The van der Waals surface area contributed by atoms with E-state index in [4.69, 9.17) is 4.74 Å². The summed E-state index contributed by atoms with van der Waals surface area (Å²) in [7, 11) is 1.62. The van der Waals surface area contributed by atoms with Gasteiger partial charge in [0.25, 0.3) is 0 Å². The van der Waals surface area contributed by atoms with Gasteiger partial charge in [-0.05, 0) is 19.1 Å². The minimum atomic E-state index is 0.0454. The first-order chi connectivity index (χ1) is 9.69. The van der Waals surface area contributed by atoms with Gasteiger partial charge in [0.05, 0.1) is 7.11 Å². The molecule has 1 aliphatic heterocycles. The summed E-state index contributed by atoms with van der Waals surface area (Å²) in [6.45, 7) is 6.00. The standard InChI is InChI=1S/C15H23N3O2/c1-12-11-16-7-9-18(12)8-6-15(19)17-13-4-3-5-14(10-13)20-2/h3-5,10,12,16H,6-9,11H2,1-2H3,(H,17,19)/t12-/m0/s1. The fourth-order valence-electron chi connectivity index (χ4n) is 2.38. The lowest BCUT2D eigenvalue weighted by Gasteiger charge is -2.33. The molecule has 1 aromatic rings. The second-order valence-corrected chi connectivity index (χ2v) is 5.12. The van der Waals surface area contributed by atoms with E-state index < -0.39 is 0 Å². The van der Waals surface area contributed by atoms with Gasteiger partial charge in [-0.1, -0.05) is 6.07 Å². The number of hydrogen-bond donors (Lipinski definition) is 2. The van der Waals surface area contributed by atoms with Crippen LogP contribution in [0, 0.1) is 0 Å². The Morgan fingerprint density at radius 2 is 2.40 bits per heavy atom. The summed E-state index contributed by atoms with van der Waals surface area (Å²) in [4.78, 5) is 14.3. The van der Waals surface area contributed by atoms with Crippen molar-refractivity contribution >= 4 is 11.6 Å². The van der Waals surface area contributed by atoms with E-state index in [1.165, 1.54) is 0 Å².